The number of fused-ring (bicyclic) bond motifs is 1. The van der Waals surface area contributed by atoms with Crippen molar-refractivity contribution < 1.29 is 4.21 Å². The van der Waals surface area contributed by atoms with Gasteiger partial charge in [-0.1, -0.05) is 12.1 Å². The minimum absolute atomic E-state index is 0.251. The van der Waals surface area contributed by atoms with Gasteiger partial charge in [0.25, 0.3) is 0 Å². The molecule has 0 bridgehead atoms. The average molecular weight is 296 g/mol. The van der Waals surface area contributed by atoms with Crippen molar-refractivity contribution in [1.29, 1.82) is 0 Å². The second kappa shape index (κ2) is 5.43. The van der Waals surface area contributed by atoms with E-state index in [4.69, 9.17) is 11.6 Å². The maximum atomic E-state index is 11.4. The van der Waals surface area contributed by atoms with Crippen molar-refractivity contribution in [3.8, 4) is 0 Å². The molecule has 19 heavy (non-hydrogen) atoms. The number of hydrogen-bond donors (Lipinski definition) is 1. The van der Waals surface area contributed by atoms with E-state index in [1.807, 2.05) is 24.3 Å². The lowest BCUT2D eigenvalue weighted by molar-refractivity contribution is 0.623. The number of halogens is 1. The Labute approximate surface area is 119 Å². The molecule has 1 fully saturated rings. The van der Waals surface area contributed by atoms with E-state index in [2.05, 4.69) is 15.3 Å². The summed E-state index contributed by atoms with van der Waals surface area (Å²) in [6.07, 6.45) is 1.81. The summed E-state index contributed by atoms with van der Waals surface area (Å²) in [7, 11) is -0.649. The Bertz CT molecular complexity index is 624. The van der Waals surface area contributed by atoms with E-state index in [1.165, 1.54) is 0 Å². The molecule has 1 N–H and O–H groups in total. The molecule has 1 saturated heterocycles. The molecular weight excluding hydrogens is 282 g/mol. The van der Waals surface area contributed by atoms with Gasteiger partial charge >= 0.3 is 0 Å². The van der Waals surface area contributed by atoms with Crippen LogP contribution in [-0.2, 0) is 10.8 Å². The van der Waals surface area contributed by atoms with Crippen LogP contribution in [0, 0.1) is 0 Å². The van der Waals surface area contributed by atoms with E-state index >= 15 is 0 Å². The Morgan fingerprint density at radius 1 is 1.21 bits per heavy atom. The normalized spacial score (nSPS) is 23.4. The molecule has 1 aromatic heterocycles. The van der Waals surface area contributed by atoms with E-state index in [1.54, 1.807) is 0 Å². The molecule has 6 heteroatoms. The molecular formula is C13H14ClN3OS. The highest BCUT2D eigenvalue weighted by atomic mass is 35.5. The van der Waals surface area contributed by atoms with Crippen LogP contribution in [-0.4, -0.2) is 31.7 Å². The molecule has 1 aliphatic heterocycles. The number of nitrogens with zero attached hydrogens (tertiary/aromatic N) is 2. The standard InChI is InChI=1S/C13H14ClN3OS/c14-13-16-11-4-2-1-3-10(11)12(17-13)15-9-5-7-19(18)8-6-9/h1-4,9H,5-8H2,(H,15,16,17). The molecule has 4 nitrogen and oxygen atoms in total. The molecule has 0 saturated carbocycles. The monoisotopic (exact) mass is 295 g/mol. The summed E-state index contributed by atoms with van der Waals surface area (Å²) in [5, 5.41) is 4.64. The summed E-state index contributed by atoms with van der Waals surface area (Å²) in [6.45, 7) is 0. The van der Waals surface area contributed by atoms with E-state index in [9.17, 15) is 4.21 Å². The number of aromatic nitrogens is 2. The number of anilines is 1. The van der Waals surface area contributed by atoms with Gasteiger partial charge in [-0.05, 0) is 36.6 Å². The van der Waals surface area contributed by atoms with Crippen molar-refractivity contribution in [2.75, 3.05) is 16.8 Å². The zero-order valence-electron chi connectivity index (χ0n) is 10.3. The fraction of sp³-hybridized carbons (Fsp3) is 0.385. The minimum Gasteiger partial charge on any atom is -0.367 e. The van der Waals surface area contributed by atoms with E-state index in [0.29, 0.717) is 6.04 Å². The maximum absolute atomic E-state index is 11.4. The maximum Gasteiger partial charge on any atom is 0.224 e. The third-order valence-corrected chi connectivity index (χ3v) is 4.86. The molecule has 3 rings (SSSR count). The largest absolute Gasteiger partial charge is 0.367 e. The Kier molecular flexibility index (Phi) is 3.66. The molecule has 0 amide bonds. The van der Waals surface area contributed by atoms with Crippen molar-refractivity contribution in [3.05, 3.63) is 29.5 Å². The van der Waals surface area contributed by atoms with Gasteiger partial charge < -0.3 is 5.32 Å². The van der Waals surface area contributed by atoms with Gasteiger partial charge in [-0.15, -0.1) is 0 Å². The number of para-hydroxylation sites is 1. The summed E-state index contributed by atoms with van der Waals surface area (Å²) in [5.41, 5.74) is 0.837. The number of rotatable bonds is 2. The van der Waals surface area contributed by atoms with Gasteiger partial charge in [-0.25, -0.2) is 9.97 Å². The molecule has 100 valence electrons. The average Bonchev–Trinajstić information content (AvgIpc) is 2.41. The third kappa shape index (κ3) is 2.87. The first-order valence-corrected chi connectivity index (χ1v) is 8.13. The second-order valence-corrected chi connectivity index (χ2v) is 6.66. The van der Waals surface area contributed by atoms with Crippen LogP contribution in [0.2, 0.25) is 5.28 Å². The van der Waals surface area contributed by atoms with Crippen LogP contribution in [0.3, 0.4) is 0 Å². The van der Waals surface area contributed by atoms with Crippen LogP contribution in [0.5, 0.6) is 0 Å². The minimum atomic E-state index is -0.649. The van der Waals surface area contributed by atoms with Gasteiger partial charge in [0.1, 0.15) is 5.82 Å². The summed E-state index contributed by atoms with van der Waals surface area (Å²) >= 11 is 5.95. The first kappa shape index (κ1) is 12.8. The Morgan fingerprint density at radius 2 is 1.95 bits per heavy atom. The van der Waals surface area contributed by atoms with Crippen LogP contribution in [0.1, 0.15) is 12.8 Å². The summed E-state index contributed by atoms with van der Waals surface area (Å²) in [6, 6.07) is 8.10. The van der Waals surface area contributed by atoms with Crippen molar-refractivity contribution in [3.63, 3.8) is 0 Å². The summed E-state index contributed by atoms with van der Waals surface area (Å²) < 4.78 is 11.4. The Morgan fingerprint density at radius 3 is 2.74 bits per heavy atom. The zero-order valence-corrected chi connectivity index (χ0v) is 11.9. The first-order chi connectivity index (χ1) is 9.22. The fourth-order valence-corrected chi connectivity index (χ4v) is 3.76. The first-order valence-electron chi connectivity index (χ1n) is 6.26. The lowest BCUT2D eigenvalue weighted by atomic mass is 10.1. The number of nitrogens with one attached hydrogen (secondary N) is 1. The number of benzene rings is 1. The topological polar surface area (TPSA) is 54.9 Å². The smallest absolute Gasteiger partial charge is 0.224 e. The fourth-order valence-electron chi connectivity index (χ4n) is 2.29. The molecule has 0 unspecified atom stereocenters. The Hall–Kier alpha value is -1.20. The van der Waals surface area contributed by atoms with Crippen molar-refractivity contribution in [2.24, 2.45) is 0 Å². The van der Waals surface area contributed by atoms with Crippen molar-refractivity contribution in [1.82, 2.24) is 9.97 Å². The highest BCUT2D eigenvalue weighted by Gasteiger charge is 2.19. The molecule has 0 aliphatic carbocycles. The van der Waals surface area contributed by atoms with Gasteiger partial charge in [0.2, 0.25) is 5.28 Å². The second-order valence-electron chi connectivity index (χ2n) is 4.63. The quantitative estimate of drug-likeness (QED) is 0.865. The van der Waals surface area contributed by atoms with Crippen LogP contribution in [0.4, 0.5) is 5.82 Å². The lowest BCUT2D eigenvalue weighted by Crippen LogP contribution is -2.29. The van der Waals surface area contributed by atoms with Gasteiger partial charge in [0.05, 0.1) is 5.52 Å². The summed E-state index contributed by atoms with van der Waals surface area (Å²) in [5.74, 6) is 2.29. The molecule has 0 radical (unpaired) electrons. The highest BCUT2D eigenvalue weighted by molar-refractivity contribution is 7.85. The molecule has 2 aromatic rings. The molecule has 0 spiro atoms. The van der Waals surface area contributed by atoms with E-state index in [0.717, 1.165) is 41.1 Å². The number of hydrogen-bond acceptors (Lipinski definition) is 4. The van der Waals surface area contributed by atoms with Gasteiger partial charge in [0, 0.05) is 33.7 Å². The van der Waals surface area contributed by atoms with Crippen molar-refractivity contribution in [2.45, 2.75) is 18.9 Å². The van der Waals surface area contributed by atoms with Gasteiger partial charge in [-0.3, -0.25) is 4.21 Å². The highest BCUT2D eigenvalue weighted by Crippen LogP contribution is 2.24. The summed E-state index contributed by atoms with van der Waals surface area (Å²) in [4.78, 5) is 8.49. The van der Waals surface area contributed by atoms with Crippen LogP contribution < -0.4 is 5.32 Å². The predicted molar refractivity (Wildman–Crippen MR) is 79.1 cm³/mol. The van der Waals surface area contributed by atoms with Gasteiger partial charge in [0.15, 0.2) is 0 Å². The zero-order chi connectivity index (χ0) is 13.2. The predicted octanol–water partition coefficient (Wildman–Crippen LogP) is 2.61. The Balaban J connectivity index is 1.89. The molecule has 1 aromatic carbocycles. The third-order valence-electron chi connectivity index (χ3n) is 3.30. The molecule has 1 aliphatic rings. The van der Waals surface area contributed by atoms with Crippen LogP contribution in [0.25, 0.3) is 10.9 Å². The SMILES string of the molecule is O=S1CCC(Nc2nc(Cl)nc3ccccc23)CC1. The lowest BCUT2D eigenvalue weighted by Gasteiger charge is -2.23. The van der Waals surface area contributed by atoms with Gasteiger partial charge in [-0.2, -0.15) is 0 Å². The van der Waals surface area contributed by atoms with Crippen LogP contribution in [0.15, 0.2) is 24.3 Å². The van der Waals surface area contributed by atoms with Crippen LogP contribution >= 0.6 is 11.6 Å². The molecule has 0 atom stereocenters. The van der Waals surface area contributed by atoms with Crippen molar-refractivity contribution >= 4 is 39.1 Å². The van der Waals surface area contributed by atoms with E-state index in [-0.39, 0.29) is 5.28 Å². The van der Waals surface area contributed by atoms with E-state index < -0.39 is 10.8 Å². The molecule has 2 heterocycles.